The highest BCUT2D eigenvalue weighted by Gasteiger charge is 2.42. The zero-order valence-corrected chi connectivity index (χ0v) is 11.3. The van der Waals surface area contributed by atoms with Gasteiger partial charge in [-0.2, -0.15) is 0 Å². The lowest BCUT2D eigenvalue weighted by Gasteiger charge is -2.29. The normalized spacial score (nSPS) is 27.0. The maximum Gasteiger partial charge on any atom is 0.310 e. The Balaban J connectivity index is 2.03. The van der Waals surface area contributed by atoms with Gasteiger partial charge in [0, 0.05) is 19.5 Å². The number of aliphatic hydroxyl groups is 1. The first-order chi connectivity index (χ1) is 9.03. The van der Waals surface area contributed by atoms with Crippen LogP contribution in [0.25, 0.3) is 0 Å². The first kappa shape index (κ1) is 14.3. The van der Waals surface area contributed by atoms with Gasteiger partial charge in [-0.1, -0.05) is 25.7 Å². The minimum absolute atomic E-state index is 0.0923. The molecule has 108 valence electrons. The van der Waals surface area contributed by atoms with Gasteiger partial charge in [-0.05, 0) is 19.3 Å². The van der Waals surface area contributed by atoms with E-state index in [0.29, 0.717) is 32.4 Å². The van der Waals surface area contributed by atoms with Crippen molar-refractivity contribution in [2.75, 3.05) is 13.1 Å². The van der Waals surface area contributed by atoms with Crippen LogP contribution in [0.5, 0.6) is 0 Å². The van der Waals surface area contributed by atoms with Gasteiger partial charge in [-0.25, -0.2) is 0 Å². The largest absolute Gasteiger partial charge is 0.481 e. The Morgan fingerprint density at radius 1 is 1.16 bits per heavy atom. The molecule has 1 atom stereocenters. The van der Waals surface area contributed by atoms with Gasteiger partial charge in [0.05, 0.1) is 11.5 Å². The summed E-state index contributed by atoms with van der Waals surface area (Å²) in [6, 6.07) is 0. The maximum absolute atomic E-state index is 12.2. The first-order valence-corrected chi connectivity index (χ1v) is 7.23. The number of hydrogen-bond donors (Lipinski definition) is 2. The van der Waals surface area contributed by atoms with E-state index in [1.165, 1.54) is 0 Å². The highest BCUT2D eigenvalue weighted by molar-refractivity contribution is 5.85. The van der Waals surface area contributed by atoms with E-state index < -0.39 is 17.5 Å². The van der Waals surface area contributed by atoms with Crippen LogP contribution in [0.3, 0.4) is 0 Å². The Kier molecular flexibility index (Phi) is 4.45. The molecule has 2 N–H and O–H groups in total. The van der Waals surface area contributed by atoms with Crippen molar-refractivity contribution in [2.45, 2.75) is 57.5 Å². The molecule has 1 aliphatic carbocycles. The van der Waals surface area contributed by atoms with Crippen LogP contribution in [-0.2, 0) is 9.59 Å². The predicted octanol–water partition coefficient (Wildman–Crippen LogP) is 1.39. The molecule has 1 aliphatic heterocycles. The first-order valence-electron chi connectivity index (χ1n) is 7.23. The molecule has 2 fully saturated rings. The highest BCUT2D eigenvalue weighted by atomic mass is 16.4. The minimum atomic E-state index is -0.874. The van der Waals surface area contributed by atoms with E-state index in [4.69, 9.17) is 0 Å². The Morgan fingerprint density at radius 2 is 1.79 bits per heavy atom. The van der Waals surface area contributed by atoms with Crippen LogP contribution in [0, 0.1) is 5.41 Å². The van der Waals surface area contributed by atoms with Crippen molar-refractivity contribution in [1.82, 2.24) is 4.90 Å². The van der Waals surface area contributed by atoms with Crippen molar-refractivity contribution < 1.29 is 19.8 Å². The van der Waals surface area contributed by atoms with Crippen LogP contribution in [0.1, 0.15) is 51.4 Å². The van der Waals surface area contributed by atoms with Gasteiger partial charge >= 0.3 is 5.97 Å². The number of carboxylic acids is 1. The zero-order valence-electron chi connectivity index (χ0n) is 11.3. The van der Waals surface area contributed by atoms with Crippen molar-refractivity contribution in [3.8, 4) is 0 Å². The second kappa shape index (κ2) is 5.90. The van der Waals surface area contributed by atoms with Gasteiger partial charge in [-0.15, -0.1) is 0 Å². The zero-order chi connectivity index (χ0) is 13.9. The molecule has 1 heterocycles. The SMILES string of the molecule is O=C(CC1(C(=O)O)CCCCCC1)N1CC[C@@H](O)C1. The standard InChI is InChI=1S/C14H23NO4/c16-11-5-8-15(10-11)12(17)9-14(13(18)19)6-3-1-2-4-7-14/h11,16H,1-10H2,(H,18,19)/t11-/m1/s1. The van der Waals surface area contributed by atoms with Crippen molar-refractivity contribution in [3.05, 3.63) is 0 Å². The summed E-state index contributed by atoms with van der Waals surface area (Å²) in [6.07, 6.45) is 5.36. The molecule has 0 aromatic rings. The minimum Gasteiger partial charge on any atom is -0.481 e. The van der Waals surface area contributed by atoms with E-state index >= 15 is 0 Å². The monoisotopic (exact) mass is 269 g/mol. The molecule has 0 unspecified atom stereocenters. The van der Waals surface area contributed by atoms with E-state index in [9.17, 15) is 19.8 Å². The van der Waals surface area contributed by atoms with Crippen LogP contribution in [0.2, 0.25) is 0 Å². The summed E-state index contributed by atoms with van der Waals surface area (Å²) < 4.78 is 0. The summed E-state index contributed by atoms with van der Waals surface area (Å²) in [7, 11) is 0. The van der Waals surface area contributed by atoms with E-state index in [1.54, 1.807) is 4.90 Å². The summed E-state index contributed by atoms with van der Waals surface area (Å²) in [6.45, 7) is 0.907. The van der Waals surface area contributed by atoms with E-state index in [1.807, 2.05) is 0 Å². The summed E-state index contributed by atoms with van der Waals surface area (Å²) in [5, 5.41) is 19.0. The third-order valence-electron chi connectivity index (χ3n) is 4.52. The average molecular weight is 269 g/mol. The number of β-amino-alcohol motifs (C(OH)–C–C–N with tert-alkyl or cyclic N) is 1. The molecule has 0 aromatic carbocycles. The summed E-state index contributed by atoms with van der Waals surface area (Å²) in [5.74, 6) is -0.941. The summed E-state index contributed by atoms with van der Waals surface area (Å²) in [4.78, 5) is 25.5. The lowest BCUT2D eigenvalue weighted by molar-refractivity contribution is -0.154. The molecular weight excluding hydrogens is 246 g/mol. The second-order valence-corrected chi connectivity index (χ2v) is 5.96. The quantitative estimate of drug-likeness (QED) is 0.759. The van der Waals surface area contributed by atoms with Gasteiger partial charge in [-0.3, -0.25) is 9.59 Å². The van der Waals surface area contributed by atoms with Gasteiger partial charge in [0.25, 0.3) is 0 Å². The van der Waals surface area contributed by atoms with Crippen LogP contribution < -0.4 is 0 Å². The number of carboxylic acid groups (broad SMARTS) is 1. The van der Waals surface area contributed by atoms with Crippen molar-refractivity contribution in [2.24, 2.45) is 5.41 Å². The number of carbonyl (C=O) groups is 2. The van der Waals surface area contributed by atoms with Crippen LogP contribution in [0.4, 0.5) is 0 Å². The molecule has 1 saturated carbocycles. The van der Waals surface area contributed by atoms with E-state index in [2.05, 4.69) is 0 Å². The molecule has 5 heteroatoms. The van der Waals surface area contributed by atoms with Crippen LogP contribution >= 0.6 is 0 Å². The third-order valence-corrected chi connectivity index (χ3v) is 4.52. The fraction of sp³-hybridized carbons (Fsp3) is 0.857. The Bertz CT molecular complexity index is 347. The van der Waals surface area contributed by atoms with Gasteiger partial charge in [0.15, 0.2) is 0 Å². The number of nitrogens with zero attached hydrogens (tertiary/aromatic N) is 1. The maximum atomic E-state index is 12.2. The predicted molar refractivity (Wildman–Crippen MR) is 69.6 cm³/mol. The van der Waals surface area contributed by atoms with Crippen LogP contribution in [0.15, 0.2) is 0 Å². The van der Waals surface area contributed by atoms with Crippen molar-refractivity contribution >= 4 is 11.9 Å². The number of hydrogen-bond acceptors (Lipinski definition) is 3. The van der Waals surface area contributed by atoms with Crippen molar-refractivity contribution in [1.29, 1.82) is 0 Å². The molecule has 5 nitrogen and oxygen atoms in total. The number of likely N-dealkylation sites (tertiary alicyclic amines) is 1. The third kappa shape index (κ3) is 3.26. The molecule has 0 radical (unpaired) electrons. The van der Waals surface area contributed by atoms with Crippen molar-refractivity contribution in [3.63, 3.8) is 0 Å². The Morgan fingerprint density at radius 3 is 2.26 bits per heavy atom. The molecule has 0 spiro atoms. The Labute approximate surface area is 113 Å². The lowest BCUT2D eigenvalue weighted by atomic mass is 9.77. The molecule has 1 amide bonds. The summed E-state index contributed by atoms with van der Waals surface area (Å²) >= 11 is 0. The van der Waals surface area contributed by atoms with Gasteiger partial charge in [0.2, 0.25) is 5.91 Å². The van der Waals surface area contributed by atoms with E-state index in [0.717, 1.165) is 25.7 Å². The Hall–Kier alpha value is -1.10. The number of rotatable bonds is 3. The van der Waals surface area contributed by atoms with E-state index in [-0.39, 0.29) is 12.3 Å². The molecule has 1 saturated heterocycles. The molecule has 19 heavy (non-hydrogen) atoms. The molecule has 0 aromatic heterocycles. The highest BCUT2D eigenvalue weighted by Crippen LogP contribution is 2.39. The fourth-order valence-electron chi connectivity index (χ4n) is 3.24. The number of carbonyl (C=O) groups excluding carboxylic acids is 1. The smallest absolute Gasteiger partial charge is 0.310 e. The molecule has 0 bridgehead atoms. The average Bonchev–Trinajstić information content (AvgIpc) is 2.65. The van der Waals surface area contributed by atoms with Crippen LogP contribution in [-0.4, -0.2) is 46.2 Å². The topological polar surface area (TPSA) is 77.8 Å². The lowest BCUT2D eigenvalue weighted by Crippen LogP contribution is -2.39. The molecular formula is C14H23NO4. The fourth-order valence-corrected chi connectivity index (χ4v) is 3.24. The molecule has 2 rings (SSSR count). The number of amides is 1. The summed E-state index contributed by atoms with van der Waals surface area (Å²) in [5.41, 5.74) is -0.874. The van der Waals surface area contributed by atoms with Gasteiger partial charge in [0.1, 0.15) is 0 Å². The number of aliphatic carboxylic acids is 1. The second-order valence-electron chi connectivity index (χ2n) is 5.96. The number of aliphatic hydroxyl groups excluding tert-OH is 1. The van der Waals surface area contributed by atoms with Gasteiger partial charge < -0.3 is 15.1 Å². The molecule has 2 aliphatic rings.